The fourth-order valence-electron chi connectivity index (χ4n) is 4.18. The van der Waals surface area contributed by atoms with Crippen molar-refractivity contribution in [3.05, 3.63) is 62.5 Å². The van der Waals surface area contributed by atoms with Gasteiger partial charge in [-0.2, -0.15) is 5.26 Å². The monoisotopic (exact) mass is 583 g/mol. The van der Waals surface area contributed by atoms with Crippen LogP contribution in [0.4, 0.5) is 4.79 Å². The molecule has 2 aliphatic heterocycles. The number of hydrogen-bond acceptors (Lipinski definition) is 7. The van der Waals surface area contributed by atoms with Gasteiger partial charge in [-0.25, -0.2) is 0 Å². The highest BCUT2D eigenvalue weighted by molar-refractivity contribution is 9.10. The molecule has 2 aromatic rings. The van der Waals surface area contributed by atoms with Crippen molar-refractivity contribution in [2.75, 3.05) is 26.7 Å². The molecule has 2 aromatic carbocycles. The minimum absolute atomic E-state index is 0.176. The minimum Gasteiger partial charge on any atom is -0.493 e. The fraction of sp³-hybridized carbons (Fsp3) is 0.333. The maximum atomic E-state index is 13.0. The van der Waals surface area contributed by atoms with Crippen LogP contribution in [-0.2, 0) is 16.2 Å². The van der Waals surface area contributed by atoms with E-state index >= 15 is 0 Å². The zero-order valence-corrected chi connectivity index (χ0v) is 22.8. The zero-order chi connectivity index (χ0) is 26.4. The molecule has 0 atom stereocenters. The van der Waals surface area contributed by atoms with Gasteiger partial charge in [0.05, 0.1) is 23.6 Å². The predicted molar refractivity (Wildman–Crippen MR) is 144 cm³/mol. The molecule has 0 radical (unpaired) electrons. The molecule has 4 rings (SSSR count). The molecule has 2 heterocycles. The van der Waals surface area contributed by atoms with E-state index in [1.54, 1.807) is 35.2 Å². The third-order valence-electron chi connectivity index (χ3n) is 6.22. The lowest BCUT2D eigenvalue weighted by molar-refractivity contribution is -0.135. The lowest BCUT2D eigenvalue weighted by Gasteiger charge is -2.22. The van der Waals surface area contributed by atoms with Crippen LogP contribution in [0.25, 0.3) is 6.08 Å². The highest BCUT2D eigenvalue weighted by Crippen LogP contribution is 2.38. The number of carbonyl (C=O) groups excluding carboxylic acids is 3. The number of rotatable bonds is 7. The topological polar surface area (TPSA) is 99.9 Å². The first-order valence-corrected chi connectivity index (χ1v) is 13.5. The van der Waals surface area contributed by atoms with E-state index in [1.807, 2.05) is 12.1 Å². The molecule has 2 saturated heterocycles. The molecule has 192 valence electrons. The molecule has 8 nitrogen and oxygen atoms in total. The van der Waals surface area contributed by atoms with Crippen molar-refractivity contribution in [1.82, 2.24) is 9.80 Å². The van der Waals surface area contributed by atoms with Gasteiger partial charge in [-0.05, 0) is 54.4 Å². The summed E-state index contributed by atoms with van der Waals surface area (Å²) in [5, 5.41) is 8.84. The normalized spacial score (nSPS) is 17.1. The van der Waals surface area contributed by atoms with Crippen LogP contribution in [0.15, 0.2) is 45.8 Å². The van der Waals surface area contributed by atoms with Gasteiger partial charge in [-0.3, -0.25) is 19.3 Å². The number of nitriles is 1. The van der Waals surface area contributed by atoms with Crippen molar-refractivity contribution in [1.29, 1.82) is 5.26 Å². The molecule has 0 aliphatic carbocycles. The lowest BCUT2D eigenvalue weighted by Crippen LogP contribution is -2.42. The summed E-state index contributed by atoms with van der Waals surface area (Å²) in [7, 11) is 1.51. The Morgan fingerprint density at radius 1 is 1.14 bits per heavy atom. The Labute approximate surface area is 228 Å². The van der Waals surface area contributed by atoms with Gasteiger partial charge >= 0.3 is 0 Å². The number of hydrogen-bond donors (Lipinski definition) is 0. The van der Waals surface area contributed by atoms with E-state index in [0.717, 1.165) is 47.9 Å². The number of likely N-dealkylation sites (tertiary alicyclic amines) is 1. The number of methoxy groups -OCH3 is 1. The second-order valence-electron chi connectivity index (χ2n) is 8.65. The van der Waals surface area contributed by atoms with Crippen LogP contribution >= 0.6 is 27.7 Å². The van der Waals surface area contributed by atoms with E-state index in [0.29, 0.717) is 40.2 Å². The van der Waals surface area contributed by atoms with Gasteiger partial charge in [0.15, 0.2) is 11.5 Å². The van der Waals surface area contributed by atoms with Gasteiger partial charge in [0, 0.05) is 23.1 Å². The number of thioether (sulfide) groups is 1. The van der Waals surface area contributed by atoms with Gasteiger partial charge in [-0.15, -0.1) is 0 Å². The van der Waals surface area contributed by atoms with Crippen LogP contribution in [0.3, 0.4) is 0 Å². The van der Waals surface area contributed by atoms with Crippen molar-refractivity contribution >= 4 is 50.8 Å². The molecule has 2 aliphatic rings. The Morgan fingerprint density at radius 2 is 1.86 bits per heavy atom. The number of amides is 3. The minimum atomic E-state index is -0.488. The van der Waals surface area contributed by atoms with Crippen molar-refractivity contribution in [3.8, 4) is 17.6 Å². The average Bonchev–Trinajstić information content (AvgIpc) is 3.08. The lowest BCUT2D eigenvalue weighted by atomic mass is 10.1. The maximum absolute atomic E-state index is 13.0. The van der Waals surface area contributed by atoms with Gasteiger partial charge < -0.3 is 14.4 Å². The molecule has 2 fully saturated rings. The van der Waals surface area contributed by atoms with Gasteiger partial charge in [-0.1, -0.05) is 47.0 Å². The van der Waals surface area contributed by atoms with Gasteiger partial charge in [0.2, 0.25) is 5.91 Å². The largest absolute Gasteiger partial charge is 0.493 e. The summed E-state index contributed by atoms with van der Waals surface area (Å²) >= 11 is 4.32. The molecule has 0 unspecified atom stereocenters. The molecule has 0 spiro atoms. The summed E-state index contributed by atoms with van der Waals surface area (Å²) in [5.41, 5.74) is 1.89. The number of nitrogens with zero attached hydrogens (tertiary/aromatic N) is 3. The molecule has 0 N–H and O–H groups in total. The molecule has 10 heteroatoms. The number of benzene rings is 2. The third-order valence-corrected chi connectivity index (χ3v) is 7.81. The second kappa shape index (κ2) is 12.3. The molecule has 0 saturated carbocycles. The Morgan fingerprint density at radius 3 is 2.57 bits per heavy atom. The Hall–Kier alpha value is -3.29. The van der Waals surface area contributed by atoms with Crippen molar-refractivity contribution in [2.45, 2.75) is 32.3 Å². The molecular formula is C27H26BrN3O5S. The smallest absolute Gasteiger partial charge is 0.294 e. The Balaban J connectivity index is 1.49. The summed E-state index contributed by atoms with van der Waals surface area (Å²) < 4.78 is 12.0. The van der Waals surface area contributed by atoms with Crippen LogP contribution in [0.1, 0.15) is 42.4 Å². The SMILES string of the molecule is COc1cc(C=C2SC(=O)N(CC(=O)N3CCCCCC3)C2=O)c(Br)cc1OCc1ccccc1C#N. The number of imide groups is 1. The second-order valence-corrected chi connectivity index (χ2v) is 10.5. The van der Waals surface area contributed by atoms with E-state index < -0.39 is 11.1 Å². The highest BCUT2D eigenvalue weighted by Gasteiger charge is 2.37. The van der Waals surface area contributed by atoms with Crippen LogP contribution in [0, 0.1) is 11.3 Å². The quantitative estimate of drug-likeness (QED) is 0.405. The summed E-state index contributed by atoms with van der Waals surface area (Å²) in [6, 6.07) is 12.7. The van der Waals surface area contributed by atoms with Gasteiger partial charge in [0.25, 0.3) is 11.1 Å². The number of halogens is 1. The Kier molecular flexibility index (Phi) is 8.90. The number of ether oxygens (including phenoxy) is 2. The molecule has 3 amide bonds. The van der Waals surface area contributed by atoms with Crippen molar-refractivity contribution < 1.29 is 23.9 Å². The first kappa shape index (κ1) is 26.8. The van der Waals surface area contributed by atoms with E-state index in [4.69, 9.17) is 9.47 Å². The van der Waals surface area contributed by atoms with Crippen LogP contribution in [0.5, 0.6) is 11.5 Å². The van der Waals surface area contributed by atoms with E-state index in [-0.39, 0.29) is 24.0 Å². The third kappa shape index (κ3) is 6.35. The van der Waals surface area contributed by atoms with Crippen molar-refractivity contribution in [3.63, 3.8) is 0 Å². The average molecular weight is 584 g/mol. The van der Waals surface area contributed by atoms with E-state index in [9.17, 15) is 19.6 Å². The molecular weight excluding hydrogens is 558 g/mol. The summed E-state index contributed by atoms with van der Waals surface area (Å²) in [5.74, 6) is 0.195. The predicted octanol–water partition coefficient (Wildman–Crippen LogP) is 5.35. The summed E-state index contributed by atoms with van der Waals surface area (Å²) in [4.78, 5) is 41.3. The zero-order valence-electron chi connectivity index (χ0n) is 20.4. The first-order valence-electron chi connectivity index (χ1n) is 11.9. The van der Waals surface area contributed by atoms with Crippen LogP contribution in [-0.4, -0.2) is 53.6 Å². The molecule has 0 aromatic heterocycles. The van der Waals surface area contributed by atoms with Gasteiger partial charge in [0.1, 0.15) is 13.2 Å². The molecule has 0 bridgehead atoms. The standard InChI is InChI=1S/C27H26BrN3O5S/c1-35-22-12-20(21(28)14-23(22)36-17-19-9-5-4-8-18(19)15-29)13-24-26(33)31(27(34)37-24)16-25(32)30-10-6-2-3-7-11-30/h4-5,8-9,12-14H,2-3,6-7,10-11,16-17H2,1H3. The number of carbonyl (C=O) groups is 3. The summed E-state index contributed by atoms with van der Waals surface area (Å²) in [6.45, 7) is 1.25. The van der Waals surface area contributed by atoms with E-state index in [1.165, 1.54) is 7.11 Å². The van der Waals surface area contributed by atoms with E-state index in [2.05, 4.69) is 22.0 Å². The highest BCUT2D eigenvalue weighted by atomic mass is 79.9. The fourth-order valence-corrected chi connectivity index (χ4v) is 5.44. The van der Waals surface area contributed by atoms with Crippen LogP contribution < -0.4 is 9.47 Å². The van der Waals surface area contributed by atoms with Crippen LogP contribution in [0.2, 0.25) is 0 Å². The molecule has 37 heavy (non-hydrogen) atoms. The summed E-state index contributed by atoms with van der Waals surface area (Å²) in [6.07, 6.45) is 5.65. The van der Waals surface area contributed by atoms with Crippen molar-refractivity contribution in [2.24, 2.45) is 0 Å². The Bertz CT molecular complexity index is 1280. The maximum Gasteiger partial charge on any atom is 0.294 e. The first-order chi connectivity index (χ1) is 17.9.